The van der Waals surface area contributed by atoms with Gasteiger partial charge < -0.3 is 15.6 Å². The van der Waals surface area contributed by atoms with Crippen LogP contribution in [0.1, 0.15) is 25.5 Å². The molecule has 1 aromatic carbocycles. The van der Waals surface area contributed by atoms with E-state index in [0.29, 0.717) is 17.3 Å². The molecule has 1 unspecified atom stereocenters. The van der Waals surface area contributed by atoms with E-state index < -0.39 is 11.8 Å². The van der Waals surface area contributed by atoms with Gasteiger partial charge in [-0.2, -0.15) is 0 Å². The molecule has 1 aliphatic heterocycles. The van der Waals surface area contributed by atoms with Gasteiger partial charge in [-0.15, -0.1) is 0 Å². The first-order valence-corrected chi connectivity index (χ1v) is 5.92. The number of anilines is 1. The number of benzene rings is 1. The van der Waals surface area contributed by atoms with Crippen molar-refractivity contribution in [1.82, 2.24) is 4.90 Å². The van der Waals surface area contributed by atoms with Crippen LogP contribution in [-0.2, 0) is 4.74 Å². The Hall–Kier alpha value is -1.46. The van der Waals surface area contributed by atoms with Crippen LogP contribution in [0.2, 0.25) is 5.02 Å². The maximum absolute atomic E-state index is 11.3. The fourth-order valence-electron chi connectivity index (χ4n) is 2.18. The van der Waals surface area contributed by atoms with Gasteiger partial charge in [0.2, 0.25) is 0 Å². The number of nitrogen functional groups attached to an aromatic ring is 1. The number of hydrogen-bond acceptors (Lipinski definition) is 3. The van der Waals surface area contributed by atoms with Crippen molar-refractivity contribution in [3.8, 4) is 0 Å². The van der Waals surface area contributed by atoms with Crippen LogP contribution in [0.5, 0.6) is 0 Å². The van der Waals surface area contributed by atoms with Crippen LogP contribution in [-0.4, -0.2) is 28.4 Å². The smallest absolute Gasteiger partial charge is 0.410 e. The highest BCUT2D eigenvalue weighted by molar-refractivity contribution is 6.33. The van der Waals surface area contributed by atoms with Gasteiger partial charge in [-0.05, 0) is 31.5 Å². The Morgan fingerprint density at radius 2 is 2.28 bits per heavy atom. The van der Waals surface area contributed by atoms with Crippen molar-refractivity contribution in [3.63, 3.8) is 0 Å². The van der Waals surface area contributed by atoms with E-state index in [2.05, 4.69) is 0 Å². The fourth-order valence-corrected chi connectivity index (χ4v) is 2.30. The largest absolute Gasteiger partial charge is 0.465 e. The molecule has 2 rings (SSSR count). The Morgan fingerprint density at radius 1 is 1.61 bits per heavy atom. The summed E-state index contributed by atoms with van der Waals surface area (Å²) in [6.45, 7) is 3.75. The quantitative estimate of drug-likeness (QED) is 0.770. The minimum absolute atomic E-state index is 0.306. The van der Waals surface area contributed by atoms with Crippen molar-refractivity contribution in [2.45, 2.75) is 25.6 Å². The van der Waals surface area contributed by atoms with Crippen LogP contribution in [0.3, 0.4) is 0 Å². The molecule has 1 amide bonds. The van der Waals surface area contributed by atoms with E-state index in [4.69, 9.17) is 22.1 Å². The number of nitrogens with two attached hydrogens (primary N) is 1. The van der Waals surface area contributed by atoms with E-state index in [-0.39, 0.29) is 6.04 Å². The van der Waals surface area contributed by atoms with Crippen molar-refractivity contribution in [2.75, 3.05) is 12.3 Å². The molecule has 1 saturated heterocycles. The van der Waals surface area contributed by atoms with E-state index in [1.54, 1.807) is 32.0 Å². The maximum Gasteiger partial charge on any atom is 0.410 e. The Kier molecular flexibility index (Phi) is 3.12. The second kappa shape index (κ2) is 4.33. The van der Waals surface area contributed by atoms with Crippen molar-refractivity contribution >= 4 is 23.4 Å². The second-order valence-corrected chi connectivity index (χ2v) is 5.11. The summed E-state index contributed by atoms with van der Waals surface area (Å²) in [4.78, 5) is 12.6. The van der Waals surface area contributed by atoms with E-state index in [9.17, 15) is 9.90 Å². The number of nitrogens with zero attached hydrogens (tertiary/aromatic N) is 1. The zero-order valence-corrected chi connectivity index (χ0v) is 10.9. The highest BCUT2D eigenvalue weighted by Gasteiger charge is 2.44. The number of hydrogen-bond donors (Lipinski definition) is 2. The third-order valence-electron chi connectivity index (χ3n) is 3.10. The molecule has 0 aromatic heterocycles. The van der Waals surface area contributed by atoms with Crippen LogP contribution in [0, 0.1) is 0 Å². The third-order valence-corrected chi connectivity index (χ3v) is 3.44. The van der Waals surface area contributed by atoms with Gasteiger partial charge in [0, 0.05) is 0 Å². The zero-order valence-electron chi connectivity index (χ0n) is 10.2. The molecule has 0 saturated carbocycles. The van der Waals surface area contributed by atoms with Crippen molar-refractivity contribution in [1.29, 1.82) is 0 Å². The predicted octanol–water partition coefficient (Wildman–Crippen LogP) is 2.71. The lowest BCUT2D eigenvalue weighted by Crippen LogP contribution is -2.44. The van der Waals surface area contributed by atoms with E-state index in [1.807, 2.05) is 0 Å². The van der Waals surface area contributed by atoms with E-state index >= 15 is 0 Å². The summed E-state index contributed by atoms with van der Waals surface area (Å²) in [5.74, 6) is 0. The molecule has 3 N–H and O–H groups in total. The van der Waals surface area contributed by atoms with Crippen molar-refractivity contribution in [2.24, 2.45) is 0 Å². The molecule has 1 fully saturated rings. The number of amides is 1. The Balaban J connectivity index is 2.38. The molecule has 5 nitrogen and oxygen atoms in total. The first-order chi connectivity index (χ1) is 8.33. The topological polar surface area (TPSA) is 75.8 Å². The number of rotatable bonds is 1. The van der Waals surface area contributed by atoms with Crippen LogP contribution < -0.4 is 5.73 Å². The average molecular weight is 271 g/mol. The first kappa shape index (κ1) is 13.0. The van der Waals surface area contributed by atoms with Crippen molar-refractivity contribution in [3.05, 3.63) is 28.8 Å². The van der Waals surface area contributed by atoms with Gasteiger partial charge >= 0.3 is 6.09 Å². The van der Waals surface area contributed by atoms with Crippen LogP contribution in [0.4, 0.5) is 10.5 Å². The van der Waals surface area contributed by atoms with Crippen LogP contribution in [0.25, 0.3) is 0 Å². The average Bonchev–Trinajstić information content (AvgIpc) is 2.58. The highest BCUT2D eigenvalue weighted by atomic mass is 35.5. The predicted molar refractivity (Wildman–Crippen MR) is 68.5 cm³/mol. The SMILES string of the molecule is CC1(C)OCC(c2ccc(Cl)c(N)c2)N1C(=O)O. The monoisotopic (exact) mass is 270 g/mol. The van der Waals surface area contributed by atoms with Crippen molar-refractivity contribution < 1.29 is 14.6 Å². The van der Waals surface area contributed by atoms with Gasteiger partial charge in [0.15, 0.2) is 0 Å². The van der Waals surface area contributed by atoms with Gasteiger partial charge in [0.05, 0.1) is 23.4 Å². The molecule has 0 spiro atoms. The number of carboxylic acid groups (broad SMARTS) is 1. The Bertz CT molecular complexity index is 490. The third kappa shape index (κ3) is 2.11. The summed E-state index contributed by atoms with van der Waals surface area (Å²) in [7, 11) is 0. The number of ether oxygens (including phenoxy) is 1. The summed E-state index contributed by atoms with van der Waals surface area (Å²) in [5.41, 5.74) is 6.11. The first-order valence-electron chi connectivity index (χ1n) is 5.54. The summed E-state index contributed by atoms with van der Waals surface area (Å²) in [6, 6.07) is 4.76. The molecule has 1 aromatic rings. The number of carbonyl (C=O) groups is 1. The molecule has 0 radical (unpaired) electrons. The minimum atomic E-state index is -1.02. The molecule has 1 heterocycles. The molecular formula is C12H15ClN2O3. The summed E-state index contributed by atoms with van der Waals surface area (Å²) < 4.78 is 5.52. The van der Waals surface area contributed by atoms with E-state index in [1.165, 1.54) is 4.90 Å². The fraction of sp³-hybridized carbons (Fsp3) is 0.417. The molecule has 0 bridgehead atoms. The molecule has 98 valence electrons. The summed E-state index contributed by atoms with van der Waals surface area (Å²) >= 11 is 5.86. The molecule has 0 aliphatic carbocycles. The van der Waals surface area contributed by atoms with Crippen LogP contribution >= 0.6 is 11.6 Å². The lowest BCUT2D eigenvalue weighted by Gasteiger charge is -2.31. The van der Waals surface area contributed by atoms with Gasteiger partial charge in [-0.25, -0.2) is 4.79 Å². The molecular weight excluding hydrogens is 256 g/mol. The summed E-state index contributed by atoms with van der Waals surface area (Å²) in [5, 5.41) is 9.75. The minimum Gasteiger partial charge on any atom is -0.465 e. The second-order valence-electron chi connectivity index (χ2n) is 4.71. The zero-order chi connectivity index (χ0) is 13.5. The van der Waals surface area contributed by atoms with Gasteiger partial charge in [0.25, 0.3) is 0 Å². The van der Waals surface area contributed by atoms with E-state index in [0.717, 1.165) is 5.56 Å². The maximum atomic E-state index is 11.3. The number of halogens is 1. The normalized spacial score (nSPS) is 22.2. The molecule has 1 aliphatic rings. The summed E-state index contributed by atoms with van der Waals surface area (Å²) in [6.07, 6.45) is -1.02. The Morgan fingerprint density at radius 3 is 2.83 bits per heavy atom. The van der Waals surface area contributed by atoms with Crippen LogP contribution in [0.15, 0.2) is 18.2 Å². The Labute approximate surface area is 110 Å². The highest BCUT2D eigenvalue weighted by Crippen LogP contribution is 2.37. The standard InChI is InChI=1S/C12H15ClN2O3/c1-12(2)15(11(16)17)10(6-18-12)7-3-4-8(13)9(14)5-7/h3-5,10H,6,14H2,1-2H3,(H,16,17). The molecule has 6 heteroatoms. The lowest BCUT2D eigenvalue weighted by molar-refractivity contribution is -0.0420. The van der Waals surface area contributed by atoms with Gasteiger partial charge in [-0.1, -0.05) is 17.7 Å². The van der Waals surface area contributed by atoms with Gasteiger partial charge in [-0.3, -0.25) is 4.90 Å². The van der Waals surface area contributed by atoms with Gasteiger partial charge in [0.1, 0.15) is 5.72 Å². The molecule has 18 heavy (non-hydrogen) atoms. The lowest BCUT2D eigenvalue weighted by atomic mass is 10.1. The molecule has 1 atom stereocenters.